The summed E-state index contributed by atoms with van der Waals surface area (Å²) in [6, 6.07) is 43.0. The first-order valence-electron chi connectivity index (χ1n) is 21.2. The third kappa shape index (κ3) is 4.62. The summed E-state index contributed by atoms with van der Waals surface area (Å²) in [4.78, 5) is 5.21. The standard InChI is InChI=1S/C57H45N/c1-32-14-10-15-33(2)49(32)37-25-26-38-45(30-37)40-21-13-22-42-53(40)46(38)31-47-51(36-18-6-5-7-19-36)55-44-28-27-41(50-34(3)16-11-17-35(50)4)39-20-12-23-43(52(39)44)56(55)57(54(42)47)48-24-8-9-29-58-48/h5-20,22-31,38,40,42,45,53H,21H2,1-4H3/t38?,40?,42-,45-,53?/m0/s1. The Kier molecular flexibility index (Phi) is 7.34. The van der Waals surface area contributed by atoms with E-state index in [4.69, 9.17) is 4.98 Å². The van der Waals surface area contributed by atoms with Gasteiger partial charge in [-0.05, 0) is 158 Å². The van der Waals surface area contributed by atoms with Crippen LogP contribution in [0.3, 0.4) is 0 Å². The minimum absolute atomic E-state index is 0.252. The average Bonchev–Trinajstić information content (AvgIpc) is 3.75. The molecule has 58 heavy (non-hydrogen) atoms. The number of aromatic nitrogens is 1. The summed E-state index contributed by atoms with van der Waals surface area (Å²) in [6.07, 6.45) is 18.6. The minimum atomic E-state index is 0.252. The monoisotopic (exact) mass is 743 g/mol. The molecule has 6 aromatic carbocycles. The lowest BCUT2D eigenvalue weighted by Gasteiger charge is -2.39. The maximum absolute atomic E-state index is 5.21. The Morgan fingerprint density at radius 1 is 0.552 bits per heavy atom. The van der Waals surface area contributed by atoms with Crippen LogP contribution >= 0.6 is 0 Å². The van der Waals surface area contributed by atoms with Gasteiger partial charge >= 0.3 is 0 Å². The van der Waals surface area contributed by atoms with Crippen molar-refractivity contribution in [3.05, 3.63) is 196 Å². The third-order valence-corrected chi connectivity index (χ3v) is 14.4. The summed E-state index contributed by atoms with van der Waals surface area (Å²) < 4.78 is 0. The summed E-state index contributed by atoms with van der Waals surface area (Å²) >= 11 is 0. The molecule has 0 aliphatic heterocycles. The number of rotatable bonds is 4. The van der Waals surface area contributed by atoms with E-state index in [1.54, 1.807) is 5.57 Å². The van der Waals surface area contributed by atoms with Gasteiger partial charge in [0.25, 0.3) is 0 Å². The van der Waals surface area contributed by atoms with Crippen LogP contribution in [0.25, 0.3) is 78.2 Å². The zero-order chi connectivity index (χ0) is 38.8. The molecule has 1 nitrogen and oxygen atoms in total. The Bertz CT molecular complexity index is 2990. The highest BCUT2D eigenvalue weighted by Gasteiger charge is 2.52. The van der Waals surface area contributed by atoms with Gasteiger partial charge in [-0.25, -0.2) is 0 Å². The molecule has 1 saturated carbocycles. The third-order valence-electron chi connectivity index (χ3n) is 14.4. The van der Waals surface area contributed by atoms with Crippen LogP contribution in [0.15, 0.2) is 157 Å². The first-order chi connectivity index (χ1) is 28.5. The highest BCUT2D eigenvalue weighted by molar-refractivity contribution is 6.24. The van der Waals surface area contributed by atoms with Gasteiger partial charge < -0.3 is 0 Å². The predicted octanol–water partition coefficient (Wildman–Crippen LogP) is 14.7. The zero-order valence-corrected chi connectivity index (χ0v) is 33.6. The SMILES string of the molecule is Cc1cccc(C)c1C1=C[C@H]2C(C=C1)C1=Cc3c(-c4ccccc4)c4c(c(-c5ccccn5)c3[C@H]3C=CCC2C13)-c1cccc2c(-c3c(C)cccc3C)ccc-4c12. The van der Waals surface area contributed by atoms with Gasteiger partial charge in [0.1, 0.15) is 0 Å². The number of hydrogen-bond acceptors (Lipinski definition) is 1. The molecule has 0 amide bonds. The molecule has 278 valence electrons. The lowest BCUT2D eigenvalue weighted by Crippen LogP contribution is -2.26. The normalized spacial score (nSPS) is 21.6. The van der Waals surface area contributed by atoms with E-state index in [1.165, 1.54) is 105 Å². The Morgan fingerprint density at radius 3 is 2.00 bits per heavy atom. The fourth-order valence-corrected chi connectivity index (χ4v) is 12.3. The molecule has 0 radical (unpaired) electrons. The molecule has 0 spiro atoms. The van der Waals surface area contributed by atoms with Crippen molar-refractivity contribution in [1.29, 1.82) is 0 Å². The fourth-order valence-electron chi connectivity index (χ4n) is 12.3. The average molecular weight is 744 g/mol. The highest BCUT2D eigenvalue weighted by Crippen LogP contribution is 2.66. The second kappa shape index (κ2) is 12.6. The topological polar surface area (TPSA) is 12.9 Å². The van der Waals surface area contributed by atoms with Gasteiger partial charge in [-0.3, -0.25) is 4.98 Å². The number of nitrogens with zero attached hydrogens (tertiary/aromatic N) is 1. The van der Waals surface area contributed by atoms with Gasteiger partial charge in [-0.1, -0.05) is 145 Å². The first kappa shape index (κ1) is 33.8. The van der Waals surface area contributed by atoms with Crippen LogP contribution in [0.5, 0.6) is 0 Å². The summed E-state index contributed by atoms with van der Waals surface area (Å²) in [7, 11) is 0. The quantitative estimate of drug-likeness (QED) is 0.164. The molecule has 1 heterocycles. The molecule has 12 rings (SSSR count). The molecule has 0 saturated heterocycles. The Labute approximate surface area is 341 Å². The molecular weight excluding hydrogens is 699 g/mol. The molecule has 5 aliphatic rings. The number of aryl methyl sites for hydroxylation is 4. The van der Waals surface area contributed by atoms with Crippen molar-refractivity contribution in [2.75, 3.05) is 0 Å². The smallest absolute Gasteiger partial charge is 0.0711 e. The van der Waals surface area contributed by atoms with E-state index in [2.05, 4.69) is 179 Å². The van der Waals surface area contributed by atoms with Gasteiger partial charge in [0.2, 0.25) is 0 Å². The molecule has 7 aromatic rings. The summed E-state index contributed by atoms with van der Waals surface area (Å²) in [5, 5.41) is 2.68. The molecule has 3 unspecified atom stereocenters. The van der Waals surface area contributed by atoms with Crippen LogP contribution in [0.4, 0.5) is 0 Å². The van der Waals surface area contributed by atoms with E-state index >= 15 is 0 Å². The van der Waals surface area contributed by atoms with Crippen molar-refractivity contribution >= 4 is 22.4 Å². The fraction of sp³-hybridized carbons (Fsp3) is 0.175. The van der Waals surface area contributed by atoms with Crippen molar-refractivity contribution in [2.45, 2.75) is 40.0 Å². The van der Waals surface area contributed by atoms with Crippen LogP contribution in [0.1, 0.15) is 51.3 Å². The lowest BCUT2D eigenvalue weighted by molar-refractivity contribution is 0.321. The number of pyridine rings is 1. The van der Waals surface area contributed by atoms with Crippen LogP contribution < -0.4 is 0 Å². The molecule has 0 N–H and O–H groups in total. The van der Waals surface area contributed by atoms with E-state index in [0.717, 1.165) is 12.1 Å². The second-order valence-corrected chi connectivity index (χ2v) is 17.4. The van der Waals surface area contributed by atoms with Crippen LogP contribution in [0.2, 0.25) is 0 Å². The summed E-state index contributed by atoms with van der Waals surface area (Å²) in [6.45, 7) is 9.04. The van der Waals surface area contributed by atoms with Crippen molar-refractivity contribution in [2.24, 2.45) is 23.7 Å². The highest BCUT2D eigenvalue weighted by atomic mass is 14.7. The Hall–Kier alpha value is -6.31. The molecule has 5 atom stereocenters. The van der Waals surface area contributed by atoms with Crippen molar-refractivity contribution in [1.82, 2.24) is 4.98 Å². The number of fused-ring (bicyclic) bond motifs is 8. The number of allylic oxidation sites excluding steroid dienone is 7. The number of hydrogen-bond donors (Lipinski definition) is 0. The molecule has 0 bridgehead atoms. The van der Waals surface area contributed by atoms with Gasteiger partial charge in [0.15, 0.2) is 0 Å². The Balaban J connectivity index is 1.17. The van der Waals surface area contributed by atoms with E-state index in [0.29, 0.717) is 23.7 Å². The van der Waals surface area contributed by atoms with Gasteiger partial charge in [0, 0.05) is 29.2 Å². The molecule has 1 fully saturated rings. The summed E-state index contributed by atoms with van der Waals surface area (Å²) in [5.74, 6) is 2.07. The minimum Gasteiger partial charge on any atom is -0.256 e. The molecule has 5 aliphatic carbocycles. The van der Waals surface area contributed by atoms with Gasteiger partial charge in [0.05, 0.1) is 5.69 Å². The van der Waals surface area contributed by atoms with Crippen LogP contribution in [0, 0.1) is 51.4 Å². The maximum Gasteiger partial charge on any atom is 0.0711 e. The van der Waals surface area contributed by atoms with Crippen molar-refractivity contribution in [3.8, 4) is 55.8 Å². The van der Waals surface area contributed by atoms with E-state index in [1.807, 2.05) is 6.20 Å². The molecular formula is C57H45N. The second-order valence-electron chi connectivity index (χ2n) is 17.4. The van der Waals surface area contributed by atoms with Gasteiger partial charge in [-0.2, -0.15) is 0 Å². The molecule has 1 heteroatoms. The molecule has 1 aromatic heterocycles. The lowest BCUT2D eigenvalue weighted by atomic mass is 9.64. The Morgan fingerprint density at radius 2 is 1.24 bits per heavy atom. The summed E-state index contributed by atoms with van der Waals surface area (Å²) in [5.41, 5.74) is 25.6. The maximum atomic E-state index is 5.21. The zero-order valence-electron chi connectivity index (χ0n) is 33.6. The predicted molar refractivity (Wildman–Crippen MR) is 243 cm³/mol. The van der Waals surface area contributed by atoms with Crippen molar-refractivity contribution in [3.63, 3.8) is 0 Å². The first-order valence-corrected chi connectivity index (χ1v) is 21.2. The van der Waals surface area contributed by atoms with Crippen LogP contribution in [-0.2, 0) is 0 Å². The largest absolute Gasteiger partial charge is 0.256 e. The van der Waals surface area contributed by atoms with E-state index < -0.39 is 0 Å². The van der Waals surface area contributed by atoms with Gasteiger partial charge in [-0.15, -0.1) is 0 Å². The number of benzene rings is 6. The van der Waals surface area contributed by atoms with E-state index in [-0.39, 0.29) is 5.92 Å². The van der Waals surface area contributed by atoms with Crippen molar-refractivity contribution < 1.29 is 0 Å². The van der Waals surface area contributed by atoms with E-state index in [9.17, 15) is 0 Å². The van der Waals surface area contributed by atoms with Crippen LogP contribution in [-0.4, -0.2) is 4.98 Å².